The number of rotatable bonds is 9. The first-order valence-corrected chi connectivity index (χ1v) is 18.8. The van der Waals surface area contributed by atoms with Crippen LogP contribution >= 0.6 is 0 Å². The van der Waals surface area contributed by atoms with E-state index in [0.29, 0.717) is 29.6 Å². The summed E-state index contributed by atoms with van der Waals surface area (Å²) in [6.45, 7) is 1.92. The van der Waals surface area contributed by atoms with E-state index in [1.807, 2.05) is 31.4 Å². The minimum atomic E-state index is -1.15. The fourth-order valence-electron chi connectivity index (χ4n) is 8.43. The molecule has 4 aliphatic rings. The lowest BCUT2D eigenvalue weighted by Gasteiger charge is -2.37. The number of hydrogen-bond acceptors (Lipinski definition) is 11. The van der Waals surface area contributed by atoms with Gasteiger partial charge in [-0.3, -0.25) is 39.1 Å². The fraction of sp³-hybridized carbons (Fsp3) is 0.436. The number of halogens is 1. The van der Waals surface area contributed by atoms with Crippen molar-refractivity contribution in [2.24, 2.45) is 0 Å². The number of anilines is 3. The quantitative estimate of drug-likeness (QED) is 0.237. The van der Waals surface area contributed by atoms with E-state index in [0.717, 1.165) is 73.2 Å². The SMILES string of the molecule is CN(C)C(=O)c1cc2cnc(Nc3ccc(N4CCC(N(C)Cc5cc(F)c6c(c5)C(=O)N(C5CCC(=O)NC5=O)C6=O)CC4)cn3)nc2n1C1CCCC1. The molecule has 0 radical (unpaired) electrons. The van der Waals surface area contributed by atoms with E-state index < -0.39 is 35.5 Å². The Balaban J connectivity index is 0.888. The van der Waals surface area contributed by atoms with Gasteiger partial charge in [0.15, 0.2) is 0 Å². The zero-order valence-corrected chi connectivity index (χ0v) is 31.0. The van der Waals surface area contributed by atoms with Crippen molar-refractivity contribution in [2.75, 3.05) is 44.4 Å². The van der Waals surface area contributed by atoms with Crippen molar-refractivity contribution >= 4 is 58.0 Å². The first-order chi connectivity index (χ1) is 26.5. The van der Waals surface area contributed by atoms with Gasteiger partial charge in [-0.1, -0.05) is 12.8 Å². The molecule has 1 saturated carbocycles. The Morgan fingerprint density at radius 3 is 2.40 bits per heavy atom. The van der Waals surface area contributed by atoms with Crippen LogP contribution in [0.2, 0.25) is 0 Å². The third-order valence-electron chi connectivity index (χ3n) is 11.3. The molecule has 1 aromatic carbocycles. The third-order valence-corrected chi connectivity index (χ3v) is 11.3. The minimum absolute atomic E-state index is 0.00717. The molecular weight excluding hydrogens is 707 g/mol. The Kier molecular flexibility index (Phi) is 9.53. The fourth-order valence-corrected chi connectivity index (χ4v) is 8.43. The summed E-state index contributed by atoms with van der Waals surface area (Å²) in [5, 5.41) is 6.21. The lowest BCUT2D eigenvalue weighted by molar-refractivity contribution is -0.136. The van der Waals surface area contributed by atoms with Gasteiger partial charge in [-0.25, -0.2) is 14.4 Å². The molecule has 1 unspecified atom stereocenters. The summed E-state index contributed by atoms with van der Waals surface area (Å²) in [6, 6.07) is 7.88. The number of pyridine rings is 1. The van der Waals surface area contributed by atoms with Crippen LogP contribution in [-0.2, 0) is 16.1 Å². The number of hydrogen-bond donors (Lipinski definition) is 2. The second-order valence-corrected chi connectivity index (χ2v) is 15.1. The number of piperidine rings is 2. The molecule has 55 heavy (non-hydrogen) atoms. The predicted molar refractivity (Wildman–Crippen MR) is 200 cm³/mol. The molecule has 16 heteroatoms. The van der Waals surface area contributed by atoms with Crippen LogP contribution in [0.1, 0.15) is 94.2 Å². The van der Waals surface area contributed by atoms with Gasteiger partial charge in [0.1, 0.15) is 29.0 Å². The first-order valence-electron chi connectivity index (χ1n) is 18.8. The van der Waals surface area contributed by atoms with Crippen molar-refractivity contribution in [3.05, 3.63) is 70.9 Å². The Hall–Kier alpha value is -5.77. The largest absolute Gasteiger partial charge is 0.370 e. The summed E-state index contributed by atoms with van der Waals surface area (Å²) in [4.78, 5) is 84.2. The van der Waals surface area contributed by atoms with E-state index in [1.165, 1.54) is 12.1 Å². The van der Waals surface area contributed by atoms with E-state index in [9.17, 15) is 24.0 Å². The number of carbonyl (C=O) groups is 5. The van der Waals surface area contributed by atoms with Crippen LogP contribution in [0.5, 0.6) is 0 Å². The molecule has 1 atom stereocenters. The number of nitrogens with zero attached hydrogens (tertiary/aromatic N) is 8. The van der Waals surface area contributed by atoms with Crippen LogP contribution in [0.25, 0.3) is 11.0 Å². The molecule has 1 aliphatic carbocycles. The number of nitrogens with one attached hydrogen (secondary N) is 2. The van der Waals surface area contributed by atoms with Gasteiger partial charge in [-0.15, -0.1) is 0 Å². The molecule has 4 aromatic rings. The van der Waals surface area contributed by atoms with Gasteiger partial charge >= 0.3 is 0 Å². The van der Waals surface area contributed by atoms with Gasteiger partial charge in [-0.05, 0) is 75.0 Å². The average molecular weight is 751 g/mol. The van der Waals surface area contributed by atoms with Crippen molar-refractivity contribution in [1.29, 1.82) is 0 Å². The summed E-state index contributed by atoms with van der Waals surface area (Å²) >= 11 is 0. The van der Waals surface area contributed by atoms with Crippen LogP contribution in [0.3, 0.4) is 0 Å². The summed E-state index contributed by atoms with van der Waals surface area (Å²) in [5.41, 5.74) is 2.50. The molecule has 3 aliphatic heterocycles. The van der Waals surface area contributed by atoms with Gasteiger partial charge in [0.2, 0.25) is 17.8 Å². The molecule has 0 spiro atoms. The van der Waals surface area contributed by atoms with Gasteiger partial charge in [0.25, 0.3) is 17.7 Å². The maximum Gasteiger partial charge on any atom is 0.270 e. The standard InChI is InChI=1S/C39H43FN10O5/c1-46(2)37(54)30-18-23-19-42-39(45-34(23)49(30)25-6-4-5-7-25)43-31-10-8-26(20-41-31)48-14-12-24(13-15-48)47(3)21-22-16-27-33(28(40)17-22)38(55)50(36(27)53)29-9-11-32(51)44-35(29)52/h8,10,16-20,24-25,29H,4-7,9,11-15,21H2,1-3H3,(H,44,51,52)(H,41,42,43,45). The lowest BCUT2D eigenvalue weighted by Crippen LogP contribution is -2.54. The zero-order chi connectivity index (χ0) is 38.5. The molecule has 0 bridgehead atoms. The topological polar surface area (TPSA) is 166 Å². The second-order valence-electron chi connectivity index (χ2n) is 15.1. The zero-order valence-electron chi connectivity index (χ0n) is 31.0. The van der Waals surface area contributed by atoms with Crippen molar-refractivity contribution in [1.82, 2.24) is 39.5 Å². The molecule has 15 nitrogen and oxygen atoms in total. The van der Waals surface area contributed by atoms with Gasteiger partial charge < -0.3 is 19.7 Å². The highest BCUT2D eigenvalue weighted by molar-refractivity contribution is 6.23. The van der Waals surface area contributed by atoms with E-state index in [4.69, 9.17) is 4.98 Å². The summed E-state index contributed by atoms with van der Waals surface area (Å²) in [5.74, 6) is -2.63. The Labute approximate surface area is 316 Å². The van der Waals surface area contributed by atoms with Crippen molar-refractivity contribution in [2.45, 2.75) is 76.0 Å². The van der Waals surface area contributed by atoms with Gasteiger partial charge in [-0.2, -0.15) is 4.98 Å². The number of fused-ring (bicyclic) bond motifs is 2. The number of imide groups is 2. The highest BCUT2D eigenvalue weighted by atomic mass is 19.1. The maximum absolute atomic E-state index is 15.3. The lowest BCUT2D eigenvalue weighted by atomic mass is 10.0. The van der Waals surface area contributed by atoms with Crippen LogP contribution in [0.4, 0.5) is 21.8 Å². The predicted octanol–water partition coefficient (Wildman–Crippen LogP) is 4.03. The number of carbonyl (C=O) groups excluding carboxylic acids is 5. The first kappa shape index (κ1) is 36.2. The van der Waals surface area contributed by atoms with Crippen LogP contribution < -0.4 is 15.5 Å². The van der Waals surface area contributed by atoms with Crippen molar-refractivity contribution in [3.8, 4) is 0 Å². The van der Waals surface area contributed by atoms with E-state index in [2.05, 4.69) is 35.0 Å². The Bertz CT molecular complexity index is 2210. The van der Waals surface area contributed by atoms with Gasteiger partial charge in [0.05, 0.1) is 23.0 Å². The average Bonchev–Trinajstić information content (AvgIpc) is 3.89. The Morgan fingerprint density at radius 1 is 0.945 bits per heavy atom. The molecule has 6 heterocycles. The van der Waals surface area contributed by atoms with Crippen LogP contribution in [-0.4, -0.2) is 110 Å². The summed E-state index contributed by atoms with van der Waals surface area (Å²) < 4.78 is 17.4. The molecule has 5 amide bonds. The maximum atomic E-state index is 15.3. The molecule has 2 N–H and O–H groups in total. The molecule has 3 aromatic heterocycles. The number of aromatic nitrogens is 4. The highest BCUT2D eigenvalue weighted by Gasteiger charge is 2.46. The van der Waals surface area contributed by atoms with E-state index in [1.54, 1.807) is 25.2 Å². The highest BCUT2D eigenvalue weighted by Crippen LogP contribution is 2.35. The smallest absolute Gasteiger partial charge is 0.270 e. The Morgan fingerprint density at radius 2 is 1.71 bits per heavy atom. The molecule has 286 valence electrons. The van der Waals surface area contributed by atoms with Crippen LogP contribution in [0.15, 0.2) is 42.7 Å². The molecule has 8 rings (SSSR count). The van der Waals surface area contributed by atoms with E-state index >= 15 is 4.39 Å². The third kappa shape index (κ3) is 6.79. The summed E-state index contributed by atoms with van der Waals surface area (Å²) in [6.07, 6.45) is 9.53. The normalized spacial score (nSPS) is 19.5. The monoisotopic (exact) mass is 750 g/mol. The molecule has 2 saturated heterocycles. The molecule has 3 fully saturated rings. The van der Waals surface area contributed by atoms with Crippen molar-refractivity contribution in [3.63, 3.8) is 0 Å². The van der Waals surface area contributed by atoms with Gasteiger partial charge in [0, 0.05) is 63.8 Å². The minimum Gasteiger partial charge on any atom is -0.370 e. The molecular formula is C39H43FN10O5. The second kappa shape index (κ2) is 14.5. The van der Waals surface area contributed by atoms with Crippen molar-refractivity contribution < 1.29 is 28.4 Å². The number of benzene rings is 1. The van der Waals surface area contributed by atoms with Crippen LogP contribution in [0, 0.1) is 5.82 Å². The number of amides is 5. The summed E-state index contributed by atoms with van der Waals surface area (Å²) in [7, 11) is 5.47. The van der Waals surface area contributed by atoms with E-state index in [-0.39, 0.29) is 42.0 Å².